The van der Waals surface area contributed by atoms with Crippen LogP contribution in [-0.2, 0) is 6.42 Å². The Labute approximate surface area is 107 Å². The van der Waals surface area contributed by atoms with Crippen molar-refractivity contribution in [3.05, 3.63) is 35.4 Å². The number of rotatable bonds is 2. The number of hydrogen-bond acceptors (Lipinski definition) is 1. The second kappa shape index (κ2) is 5.35. The van der Waals surface area contributed by atoms with E-state index in [0.717, 1.165) is 31.7 Å². The van der Waals surface area contributed by atoms with Crippen LogP contribution in [0.1, 0.15) is 44.6 Å². The van der Waals surface area contributed by atoms with E-state index < -0.39 is 17.2 Å². The molecular formula is C15H20F2O. The lowest BCUT2D eigenvalue weighted by molar-refractivity contribution is 0.0243. The summed E-state index contributed by atoms with van der Waals surface area (Å²) in [5.41, 5.74) is -0.255. The van der Waals surface area contributed by atoms with Gasteiger partial charge in [0.25, 0.3) is 0 Å². The fourth-order valence-electron chi connectivity index (χ4n) is 2.83. The summed E-state index contributed by atoms with van der Waals surface area (Å²) in [6.07, 6.45) is 4.86. The summed E-state index contributed by atoms with van der Waals surface area (Å²) in [6, 6.07) is 3.49. The van der Waals surface area contributed by atoms with E-state index >= 15 is 0 Å². The van der Waals surface area contributed by atoms with Crippen molar-refractivity contribution in [1.82, 2.24) is 0 Å². The highest BCUT2D eigenvalue weighted by Gasteiger charge is 2.30. The molecule has 100 valence electrons. The molecule has 18 heavy (non-hydrogen) atoms. The zero-order valence-corrected chi connectivity index (χ0v) is 10.8. The number of halogens is 2. The van der Waals surface area contributed by atoms with E-state index in [9.17, 15) is 13.9 Å². The summed E-state index contributed by atoms with van der Waals surface area (Å²) >= 11 is 0. The molecule has 2 atom stereocenters. The van der Waals surface area contributed by atoms with Crippen LogP contribution < -0.4 is 0 Å². The van der Waals surface area contributed by atoms with E-state index in [0.29, 0.717) is 24.3 Å². The van der Waals surface area contributed by atoms with Crippen molar-refractivity contribution >= 4 is 0 Å². The second-order valence-electron chi connectivity index (χ2n) is 5.71. The van der Waals surface area contributed by atoms with E-state index in [2.05, 4.69) is 6.92 Å². The molecule has 1 aliphatic carbocycles. The highest BCUT2D eigenvalue weighted by molar-refractivity contribution is 5.20. The maximum atomic E-state index is 13.1. The fraction of sp³-hybridized carbons (Fsp3) is 0.600. The Hall–Kier alpha value is -0.960. The predicted octanol–water partition coefficient (Wildman–Crippen LogP) is 3.84. The molecule has 1 aliphatic rings. The first kappa shape index (κ1) is 13.5. The largest absolute Gasteiger partial charge is 0.390 e. The first-order chi connectivity index (χ1) is 8.47. The van der Waals surface area contributed by atoms with Gasteiger partial charge in [-0.2, -0.15) is 0 Å². The van der Waals surface area contributed by atoms with E-state index in [1.54, 1.807) is 0 Å². The average molecular weight is 254 g/mol. The van der Waals surface area contributed by atoms with Crippen LogP contribution in [0.25, 0.3) is 0 Å². The lowest BCUT2D eigenvalue weighted by Gasteiger charge is -2.27. The molecule has 0 spiro atoms. The normalized spacial score (nSPS) is 29.0. The van der Waals surface area contributed by atoms with Crippen LogP contribution in [0.4, 0.5) is 8.78 Å². The quantitative estimate of drug-likeness (QED) is 0.795. The zero-order chi connectivity index (χ0) is 13.2. The summed E-state index contributed by atoms with van der Waals surface area (Å²) in [5, 5.41) is 10.6. The molecule has 2 rings (SSSR count). The van der Waals surface area contributed by atoms with Gasteiger partial charge in [0.05, 0.1) is 5.60 Å². The smallest absolute Gasteiger partial charge is 0.126 e. The van der Waals surface area contributed by atoms with Gasteiger partial charge in [-0.1, -0.05) is 19.8 Å². The van der Waals surface area contributed by atoms with Crippen molar-refractivity contribution in [2.75, 3.05) is 0 Å². The third-order valence-electron chi connectivity index (χ3n) is 3.90. The SMILES string of the molecule is CC1CCCC(O)(Cc2cc(F)cc(F)c2)CC1. The van der Waals surface area contributed by atoms with Crippen molar-refractivity contribution in [2.24, 2.45) is 5.92 Å². The topological polar surface area (TPSA) is 20.2 Å². The highest BCUT2D eigenvalue weighted by atomic mass is 19.1. The first-order valence-electron chi connectivity index (χ1n) is 6.64. The Kier molecular flexibility index (Phi) is 4.00. The molecule has 0 bridgehead atoms. The van der Waals surface area contributed by atoms with Gasteiger partial charge in [-0.15, -0.1) is 0 Å². The van der Waals surface area contributed by atoms with Crippen LogP contribution in [0.5, 0.6) is 0 Å². The van der Waals surface area contributed by atoms with Gasteiger partial charge < -0.3 is 5.11 Å². The summed E-state index contributed by atoms with van der Waals surface area (Å²) in [4.78, 5) is 0. The van der Waals surface area contributed by atoms with Crippen LogP contribution in [0.15, 0.2) is 18.2 Å². The Balaban J connectivity index is 2.11. The number of hydrogen-bond donors (Lipinski definition) is 1. The maximum Gasteiger partial charge on any atom is 0.126 e. The summed E-state index contributed by atoms with van der Waals surface area (Å²) in [7, 11) is 0. The minimum atomic E-state index is -0.801. The molecule has 1 saturated carbocycles. The molecule has 3 heteroatoms. The Morgan fingerprint density at radius 2 is 1.83 bits per heavy atom. The summed E-state index contributed by atoms with van der Waals surface area (Å²) in [6.45, 7) is 2.19. The minimum absolute atomic E-state index is 0.342. The molecule has 0 heterocycles. The Morgan fingerprint density at radius 1 is 1.17 bits per heavy atom. The van der Waals surface area contributed by atoms with Crippen molar-refractivity contribution in [1.29, 1.82) is 0 Å². The van der Waals surface area contributed by atoms with Gasteiger partial charge in [-0.3, -0.25) is 0 Å². The van der Waals surface area contributed by atoms with Crippen molar-refractivity contribution in [3.8, 4) is 0 Å². The summed E-state index contributed by atoms with van der Waals surface area (Å²) in [5.74, 6) is -0.519. The molecule has 1 nitrogen and oxygen atoms in total. The van der Waals surface area contributed by atoms with Crippen LogP contribution in [0.2, 0.25) is 0 Å². The lowest BCUT2D eigenvalue weighted by Crippen LogP contribution is -2.30. The van der Waals surface area contributed by atoms with E-state index in [4.69, 9.17) is 0 Å². The van der Waals surface area contributed by atoms with Gasteiger partial charge >= 0.3 is 0 Å². The van der Waals surface area contributed by atoms with Gasteiger partial charge in [0.15, 0.2) is 0 Å². The van der Waals surface area contributed by atoms with E-state index in [1.165, 1.54) is 12.1 Å². The van der Waals surface area contributed by atoms with E-state index in [-0.39, 0.29) is 0 Å². The number of aliphatic hydroxyl groups is 1. The minimum Gasteiger partial charge on any atom is -0.390 e. The van der Waals surface area contributed by atoms with Crippen molar-refractivity contribution in [2.45, 2.75) is 51.0 Å². The lowest BCUT2D eigenvalue weighted by atomic mass is 9.87. The molecule has 0 saturated heterocycles. The molecule has 2 unspecified atom stereocenters. The van der Waals surface area contributed by atoms with Gasteiger partial charge in [0.1, 0.15) is 11.6 Å². The predicted molar refractivity (Wildman–Crippen MR) is 67.3 cm³/mol. The molecule has 1 aromatic carbocycles. The van der Waals surface area contributed by atoms with E-state index in [1.807, 2.05) is 0 Å². The van der Waals surface area contributed by atoms with Crippen LogP contribution in [0, 0.1) is 17.6 Å². The van der Waals surface area contributed by atoms with Crippen molar-refractivity contribution < 1.29 is 13.9 Å². The molecule has 0 aliphatic heterocycles. The van der Waals surface area contributed by atoms with Gasteiger partial charge in [0.2, 0.25) is 0 Å². The molecule has 0 radical (unpaired) electrons. The van der Waals surface area contributed by atoms with Crippen LogP contribution in [-0.4, -0.2) is 10.7 Å². The first-order valence-corrected chi connectivity index (χ1v) is 6.64. The zero-order valence-electron chi connectivity index (χ0n) is 10.8. The second-order valence-corrected chi connectivity index (χ2v) is 5.71. The van der Waals surface area contributed by atoms with Crippen molar-refractivity contribution in [3.63, 3.8) is 0 Å². The standard InChI is InChI=1S/C15H20F2O/c1-11-3-2-5-15(18,6-4-11)10-12-7-13(16)9-14(17)8-12/h7-9,11,18H,2-6,10H2,1H3. The summed E-state index contributed by atoms with van der Waals surface area (Å²) < 4.78 is 26.3. The maximum absolute atomic E-state index is 13.1. The van der Waals surface area contributed by atoms with Crippen LogP contribution >= 0.6 is 0 Å². The van der Waals surface area contributed by atoms with Crippen LogP contribution in [0.3, 0.4) is 0 Å². The molecule has 1 aromatic rings. The third kappa shape index (κ3) is 3.52. The fourth-order valence-corrected chi connectivity index (χ4v) is 2.83. The highest BCUT2D eigenvalue weighted by Crippen LogP contribution is 2.32. The molecule has 1 N–H and O–H groups in total. The molecular weight excluding hydrogens is 234 g/mol. The Bertz CT molecular complexity index is 399. The molecule has 1 fully saturated rings. The average Bonchev–Trinajstić information content (AvgIpc) is 2.39. The molecule has 0 aromatic heterocycles. The van der Waals surface area contributed by atoms with Gasteiger partial charge in [-0.25, -0.2) is 8.78 Å². The number of benzene rings is 1. The van der Waals surface area contributed by atoms with Gasteiger partial charge in [-0.05, 0) is 42.9 Å². The third-order valence-corrected chi connectivity index (χ3v) is 3.90. The molecule has 0 amide bonds. The Morgan fingerprint density at radius 3 is 2.50 bits per heavy atom. The monoisotopic (exact) mass is 254 g/mol. The van der Waals surface area contributed by atoms with Gasteiger partial charge in [0, 0.05) is 12.5 Å².